The van der Waals surface area contributed by atoms with Crippen LogP contribution < -0.4 is 5.32 Å². The van der Waals surface area contributed by atoms with Crippen LogP contribution in [0.25, 0.3) is 0 Å². The molecule has 0 spiro atoms. The summed E-state index contributed by atoms with van der Waals surface area (Å²) in [6.07, 6.45) is 0.941. The predicted octanol–water partition coefficient (Wildman–Crippen LogP) is 3.68. The van der Waals surface area contributed by atoms with E-state index < -0.39 is 28.9 Å². The highest BCUT2D eigenvalue weighted by molar-refractivity contribution is 5.86. The molecule has 1 aliphatic carbocycles. The molecule has 0 bridgehead atoms. The van der Waals surface area contributed by atoms with E-state index in [0.29, 0.717) is 12.8 Å². The van der Waals surface area contributed by atoms with E-state index in [2.05, 4.69) is 5.32 Å². The first-order valence-corrected chi connectivity index (χ1v) is 7.17. The van der Waals surface area contributed by atoms with Gasteiger partial charge in [0.15, 0.2) is 0 Å². The zero-order valence-corrected chi connectivity index (χ0v) is 12.9. The lowest BCUT2D eigenvalue weighted by Crippen LogP contribution is -2.43. The first kappa shape index (κ1) is 16.3. The van der Waals surface area contributed by atoms with Gasteiger partial charge < -0.3 is 9.84 Å². The molecule has 0 heterocycles. The number of hydrogen-bond donors (Lipinski definition) is 2. The standard InChI is InChI=1S/C16H20FNO4/c1-15(2,3)22-14(21)18-10-5-6-11(12(17)9-10)16(13(19)20)7-4-8-16/h5-6,9H,4,7-8H2,1-3H3,(H,18,21)(H,19,20). The normalized spacial score (nSPS) is 16.5. The van der Waals surface area contributed by atoms with Crippen molar-refractivity contribution in [2.24, 2.45) is 0 Å². The van der Waals surface area contributed by atoms with Crippen molar-refractivity contribution in [3.8, 4) is 0 Å². The molecule has 1 aromatic rings. The number of nitrogens with one attached hydrogen (secondary N) is 1. The maximum absolute atomic E-state index is 14.3. The van der Waals surface area contributed by atoms with Gasteiger partial charge in [0.2, 0.25) is 0 Å². The van der Waals surface area contributed by atoms with E-state index in [9.17, 15) is 19.1 Å². The maximum Gasteiger partial charge on any atom is 0.412 e. The number of carbonyl (C=O) groups is 2. The average Bonchev–Trinajstić information content (AvgIpc) is 2.27. The Morgan fingerprint density at radius 2 is 1.95 bits per heavy atom. The van der Waals surface area contributed by atoms with Gasteiger partial charge in [-0.1, -0.05) is 12.5 Å². The average molecular weight is 309 g/mol. The van der Waals surface area contributed by atoms with Crippen LogP contribution in [-0.2, 0) is 14.9 Å². The molecule has 2 rings (SSSR count). The van der Waals surface area contributed by atoms with E-state index in [0.717, 1.165) is 12.5 Å². The van der Waals surface area contributed by atoms with Gasteiger partial charge in [-0.2, -0.15) is 0 Å². The fraction of sp³-hybridized carbons (Fsp3) is 0.500. The van der Waals surface area contributed by atoms with Gasteiger partial charge in [0.05, 0.1) is 5.41 Å². The molecule has 120 valence electrons. The number of halogens is 1. The first-order valence-electron chi connectivity index (χ1n) is 7.17. The zero-order valence-electron chi connectivity index (χ0n) is 12.9. The second kappa shape index (κ2) is 5.59. The van der Waals surface area contributed by atoms with Crippen LogP contribution in [0.4, 0.5) is 14.9 Å². The van der Waals surface area contributed by atoms with Crippen LogP contribution in [0.5, 0.6) is 0 Å². The van der Waals surface area contributed by atoms with E-state index in [1.807, 2.05) is 0 Å². The van der Waals surface area contributed by atoms with Crippen molar-refractivity contribution in [2.45, 2.75) is 51.0 Å². The summed E-state index contributed by atoms with van der Waals surface area (Å²) >= 11 is 0. The first-order chi connectivity index (χ1) is 10.1. The molecule has 1 fully saturated rings. The summed E-state index contributed by atoms with van der Waals surface area (Å²) in [6.45, 7) is 5.18. The number of hydrogen-bond acceptors (Lipinski definition) is 3. The third-order valence-electron chi connectivity index (χ3n) is 3.75. The molecule has 1 aromatic carbocycles. The highest BCUT2D eigenvalue weighted by atomic mass is 19.1. The van der Waals surface area contributed by atoms with E-state index in [4.69, 9.17) is 4.74 Å². The van der Waals surface area contributed by atoms with Crippen molar-refractivity contribution in [1.82, 2.24) is 0 Å². The molecule has 0 atom stereocenters. The SMILES string of the molecule is CC(C)(C)OC(=O)Nc1ccc(C2(C(=O)O)CCC2)c(F)c1. The Morgan fingerprint density at radius 1 is 1.32 bits per heavy atom. The van der Waals surface area contributed by atoms with E-state index in [1.54, 1.807) is 20.8 Å². The Labute approximate surface area is 128 Å². The largest absolute Gasteiger partial charge is 0.481 e. The van der Waals surface area contributed by atoms with Crippen molar-refractivity contribution in [3.05, 3.63) is 29.6 Å². The molecule has 5 nitrogen and oxygen atoms in total. The lowest BCUT2D eigenvalue weighted by Gasteiger charge is -2.38. The van der Waals surface area contributed by atoms with Crippen LogP contribution in [0.1, 0.15) is 45.6 Å². The number of carbonyl (C=O) groups excluding carboxylic acids is 1. The Morgan fingerprint density at radius 3 is 2.36 bits per heavy atom. The van der Waals surface area contributed by atoms with Crippen LogP contribution in [0.2, 0.25) is 0 Å². The lowest BCUT2D eigenvalue weighted by atomic mass is 9.64. The smallest absolute Gasteiger partial charge is 0.412 e. The number of aliphatic carboxylic acids is 1. The van der Waals surface area contributed by atoms with Crippen molar-refractivity contribution < 1.29 is 23.8 Å². The monoisotopic (exact) mass is 309 g/mol. The maximum atomic E-state index is 14.3. The molecule has 0 aromatic heterocycles. The van der Waals surface area contributed by atoms with Crippen molar-refractivity contribution >= 4 is 17.7 Å². The minimum atomic E-state index is -1.13. The number of amides is 1. The summed E-state index contributed by atoms with van der Waals surface area (Å²) < 4.78 is 19.3. The van der Waals surface area contributed by atoms with Gasteiger partial charge in [0, 0.05) is 11.3 Å². The number of benzene rings is 1. The molecule has 6 heteroatoms. The Bertz CT molecular complexity index is 603. The van der Waals surface area contributed by atoms with Crippen LogP contribution in [-0.4, -0.2) is 22.8 Å². The summed E-state index contributed by atoms with van der Waals surface area (Å²) in [7, 11) is 0. The number of anilines is 1. The van der Waals surface area contributed by atoms with Crippen molar-refractivity contribution in [2.75, 3.05) is 5.32 Å². The van der Waals surface area contributed by atoms with E-state index >= 15 is 0 Å². The number of rotatable bonds is 3. The van der Waals surface area contributed by atoms with Crippen LogP contribution >= 0.6 is 0 Å². The molecule has 22 heavy (non-hydrogen) atoms. The predicted molar refractivity (Wildman–Crippen MR) is 79.4 cm³/mol. The Kier molecular flexibility index (Phi) is 4.13. The van der Waals surface area contributed by atoms with Gasteiger partial charge in [-0.3, -0.25) is 10.1 Å². The van der Waals surface area contributed by atoms with E-state index in [1.165, 1.54) is 12.1 Å². The minimum Gasteiger partial charge on any atom is -0.481 e. The van der Waals surface area contributed by atoms with Crippen molar-refractivity contribution in [1.29, 1.82) is 0 Å². The molecule has 1 aliphatic rings. The summed E-state index contributed by atoms with van der Waals surface area (Å²) in [4.78, 5) is 23.1. The third kappa shape index (κ3) is 3.21. The number of carboxylic acids is 1. The highest BCUT2D eigenvalue weighted by Crippen LogP contribution is 2.45. The number of ether oxygens (including phenoxy) is 1. The topological polar surface area (TPSA) is 75.6 Å². The lowest BCUT2D eigenvalue weighted by molar-refractivity contribution is -0.147. The van der Waals surface area contributed by atoms with Gasteiger partial charge >= 0.3 is 12.1 Å². The highest BCUT2D eigenvalue weighted by Gasteiger charge is 2.47. The summed E-state index contributed by atoms with van der Waals surface area (Å²) in [6, 6.07) is 4.04. The molecule has 2 N–H and O–H groups in total. The van der Waals surface area contributed by atoms with Crippen LogP contribution in [0, 0.1) is 5.82 Å². The third-order valence-corrected chi connectivity index (χ3v) is 3.75. The summed E-state index contributed by atoms with van der Waals surface area (Å²) in [5.74, 6) is -1.64. The molecule has 1 amide bonds. The number of carboxylic acid groups (broad SMARTS) is 1. The Hall–Kier alpha value is -2.11. The van der Waals surface area contributed by atoms with Gasteiger partial charge in [-0.15, -0.1) is 0 Å². The summed E-state index contributed by atoms with van der Waals surface area (Å²) in [5, 5.41) is 11.8. The van der Waals surface area contributed by atoms with Crippen LogP contribution in [0.3, 0.4) is 0 Å². The summed E-state index contributed by atoms with van der Waals surface area (Å²) in [5.41, 5.74) is -1.38. The molecule has 0 saturated heterocycles. The molecule has 0 aliphatic heterocycles. The second-order valence-corrected chi connectivity index (χ2v) is 6.56. The molecule has 1 saturated carbocycles. The molecule has 0 radical (unpaired) electrons. The van der Waals surface area contributed by atoms with Gasteiger partial charge in [-0.25, -0.2) is 9.18 Å². The molecule has 0 unspecified atom stereocenters. The fourth-order valence-corrected chi connectivity index (χ4v) is 2.53. The second-order valence-electron chi connectivity index (χ2n) is 6.56. The van der Waals surface area contributed by atoms with Crippen LogP contribution in [0.15, 0.2) is 18.2 Å². The minimum absolute atomic E-state index is 0.168. The van der Waals surface area contributed by atoms with Gasteiger partial charge in [0.1, 0.15) is 11.4 Å². The Balaban J connectivity index is 2.17. The zero-order chi connectivity index (χ0) is 16.5. The van der Waals surface area contributed by atoms with Gasteiger partial charge in [0.25, 0.3) is 0 Å². The van der Waals surface area contributed by atoms with E-state index in [-0.39, 0.29) is 11.3 Å². The van der Waals surface area contributed by atoms with Crippen molar-refractivity contribution in [3.63, 3.8) is 0 Å². The fourth-order valence-electron chi connectivity index (χ4n) is 2.53. The molecular weight excluding hydrogens is 289 g/mol. The quantitative estimate of drug-likeness (QED) is 0.893. The van der Waals surface area contributed by atoms with Gasteiger partial charge in [-0.05, 0) is 45.7 Å². The molecular formula is C16H20FNO4.